The minimum absolute atomic E-state index is 0.446. The molecular formula is C12H19NO4. The SMILES string of the molecule is O=C(O)C1CCCN1C(=O)OCC1CCCC1. The number of aliphatic carboxylic acids is 1. The van der Waals surface area contributed by atoms with E-state index in [0.29, 0.717) is 25.5 Å². The molecule has 0 aromatic carbocycles. The number of hydrogen-bond acceptors (Lipinski definition) is 3. The van der Waals surface area contributed by atoms with E-state index >= 15 is 0 Å². The van der Waals surface area contributed by atoms with Crippen LogP contribution in [0.3, 0.4) is 0 Å². The summed E-state index contributed by atoms with van der Waals surface area (Å²) in [7, 11) is 0. The zero-order chi connectivity index (χ0) is 12.3. The standard InChI is InChI=1S/C12H19NO4/c14-11(15)10-6-3-7-13(10)12(16)17-8-9-4-1-2-5-9/h9-10H,1-8H2,(H,14,15). The van der Waals surface area contributed by atoms with E-state index in [9.17, 15) is 9.59 Å². The van der Waals surface area contributed by atoms with Gasteiger partial charge in [0.05, 0.1) is 6.61 Å². The summed E-state index contributed by atoms with van der Waals surface area (Å²) in [4.78, 5) is 24.0. The van der Waals surface area contributed by atoms with Gasteiger partial charge in [-0.25, -0.2) is 9.59 Å². The van der Waals surface area contributed by atoms with Crippen molar-refractivity contribution in [3.05, 3.63) is 0 Å². The molecule has 2 fully saturated rings. The summed E-state index contributed by atoms with van der Waals surface area (Å²) in [5.41, 5.74) is 0. The molecule has 0 spiro atoms. The van der Waals surface area contributed by atoms with Gasteiger partial charge in [-0.2, -0.15) is 0 Å². The Morgan fingerprint density at radius 2 is 1.88 bits per heavy atom. The number of nitrogens with zero attached hydrogens (tertiary/aromatic N) is 1. The molecule has 1 heterocycles. The van der Waals surface area contributed by atoms with E-state index in [1.807, 2.05) is 0 Å². The van der Waals surface area contributed by atoms with Gasteiger partial charge in [0, 0.05) is 6.54 Å². The molecule has 0 aromatic heterocycles. The van der Waals surface area contributed by atoms with E-state index in [1.54, 1.807) is 0 Å². The van der Waals surface area contributed by atoms with Gasteiger partial charge < -0.3 is 9.84 Å². The van der Waals surface area contributed by atoms with E-state index in [1.165, 1.54) is 17.7 Å². The van der Waals surface area contributed by atoms with Crippen LogP contribution in [-0.2, 0) is 9.53 Å². The van der Waals surface area contributed by atoms with Crippen LogP contribution >= 0.6 is 0 Å². The van der Waals surface area contributed by atoms with Crippen LogP contribution in [0, 0.1) is 5.92 Å². The first-order chi connectivity index (χ1) is 8.18. The van der Waals surface area contributed by atoms with Crippen molar-refractivity contribution in [3.8, 4) is 0 Å². The number of likely N-dealkylation sites (tertiary alicyclic amines) is 1. The summed E-state index contributed by atoms with van der Waals surface area (Å²) >= 11 is 0. The van der Waals surface area contributed by atoms with Crippen LogP contribution < -0.4 is 0 Å². The minimum Gasteiger partial charge on any atom is -0.480 e. The molecular weight excluding hydrogens is 222 g/mol. The molecule has 17 heavy (non-hydrogen) atoms. The highest BCUT2D eigenvalue weighted by Gasteiger charge is 2.35. The van der Waals surface area contributed by atoms with Gasteiger partial charge in [-0.1, -0.05) is 12.8 Å². The number of hydrogen-bond donors (Lipinski definition) is 1. The highest BCUT2D eigenvalue weighted by Crippen LogP contribution is 2.25. The lowest BCUT2D eigenvalue weighted by molar-refractivity contribution is -0.141. The van der Waals surface area contributed by atoms with Crippen LogP contribution in [0.2, 0.25) is 0 Å². The van der Waals surface area contributed by atoms with Crippen LogP contribution in [0.25, 0.3) is 0 Å². The number of ether oxygens (including phenoxy) is 1. The van der Waals surface area contributed by atoms with Crippen molar-refractivity contribution >= 4 is 12.1 Å². The molecule has 1 N–H and O–H groups in total. The molecule has 0 aromatic rings. The van der Waals surface area contributed by atoms with Crippen LogP contribution in [0.4, 0.5) is 4.79 Å². The average Bonchev–Trinajstić information content (AvgIpc) is 2.96. The van der Waals surface area contributed by atoms with Gasteiger partial charge >= 0.3 is 12.1 Å². The van der Waals surface area contributed by atoms with E-state index in [0.717, 1.165) is 19.3 Å². The quantitative estimate of drug-likeness (QED) is 0.819. The van der Waals surface area contributed by atoms with Gasteiger partial charge in [0.25, 0.3) is 0 Å². The summed E-state index contributed by atoms with van der Waals surface area (Å²) < 4.78 is 5.21. The number of rotatable bonds is 3. The molecule has 1 aliphatic heterocycles. The van der Waals surface area contributed by atoms with Crippen molar-refractivity contribution in [2.45, 2.75) is 44.6 Å². The number of amides is 1. The molecule has 1 amide bonds. The van der Waals surface area contributed by atoms with Crippen molar-refractivity contribution in [1.82, 2.24) is 4.90 Å². The lowest BCUT2D eigenvalue weighted by atomic mass is 10.1. The Kier molecular flexibility index (Phi) is 3.86. The predicted molar refractivity (Wildman–Crippen MR) is 60.7 cm³/mol. The van der Waals surface area contributed by atoms with Gasteiger partial charge in [0.15, 0.2) is 0 Å². The first kappa shape index (κ1) is 12.2. The number of carboxylic acid groups (broad SMARTS) is 1. The van der Waals surface area contributed by atoms with E-state index in [4.69, 9.17) is 9.84 Å². The van der Waals surface area contributed by atoms with Gasteiger partial charge in [-0.15, -0.1) is 0 Å². The van der Waals surface area contributed by atoms with Crippen LogP contribution in [-0.4, -0.2) is 41.3 Å². The lowest BCUT2D eigenvalue weighted by Crippen LogP contribution is -2.41. The molecule has 1 atom stereocenters. The Hall–Kier alpha value is -1.26. The lowest BCUT2D eigenvalue weighted by Gasteiger charge is -2.21. The fourth-order valence-electron chi connectivity index (χ4n) is 2.69. The normalized spacial score (nSPS) is 25.2. The second kappa shape index (κ2) is 5.38. The topological polar surface area (TPSA) is 66.8 Å². The second-order valence-electron chi connectivity index (χ2n) is 4.92. The molecule has 0 radical (unpaired) electrons. The van der Waals surface area contributed by atoms with Crippen LogP contribution in [0.15, 0.2) is 0 Å². The molecule has 96 valence electrons. The molecule has 2 rings (SSSR count). The predicted octanol–water partition coefficient (Wildman–Crippen LogP) is 1.86. The van der Waals surface area contributed by atoms with Gasteiger partial charge in [-0.05, 0) is 31.6 Å². The highest BCUT2D eigenvalue weighted by atomic mass is 16.6. The van der Waals surface area contributed by atoms with E-state index in [-0.39, 0.29) is 0 Å². The number of carbonyl (C=O) groups is 2. The Labute approximate surface area is 101 Å². The van der Waals surface area contributed by atoms with Crippen LogP contribution in [0.5, 0.6) is 0 Å². The summed E-state index contributed by atoms with van der Waals surface area (Å²) in [6.07, 6.45) is 5.49. The summed E-state index contributed by atoms with van der Waals surface area (Å²) in [5, 5.41) is 8.96. The first-order valence-corrected chi connectivity index (χ1v) is 6.34. The summed E-state index contributed by atoms with van der Waals surface area (Å²) in [6, 6.07) is -0.689. The van der Waals surface area contributed by atoms with Gasteiger partial charge in [0.1, 0.15) is 6.04 Å². The maximum atomic E-state index is 11.8. The molecule has 1 aliphatic carbocycles. The van der Waals surface area contributed by atoms with E-state index in [2.05, 4.69) is 0 Å². The Morgan fingerprint density at radius 3 is 2.53 bits per heavy atom. The number of carboxylic acids is 1. The van der Waals surface area contributed by atoms with Crippen molar-refractivity contribution < 1.29 is 19.4 Å². The summed E-state index contributed by atoms with van der Waals surface area (Å²) in [5.74, 6) is -0.454. The zero-order valence-corrected chi connectivity index (χ0v) is 9.93. The molecule has 2 aliphatic rings. The third-order valence-electron chi connectivity index (χ3n) is 3.69. The minimum atomic E-state index is -0.930. The Bertz CT molecular complexity index is 299. The van der Waals surface area contributed by atoms with Gasteiger partial charge in [0.2, 0.25) is 0 Å². The van der Waals surface area contributed by atoms with Crippen molar-refractivity contribution in [3.63, 3.8) is 0 Å². The molecule has 5 heteroatoms. The fraction of sp³-hybridized carbons (Fsp3) is 0.833. The van der Waals surface area contributed by atoms with Gasteiger partial charge in [-0.3, -0.25) is 4.90 Å². The van der Waals surface area contributed by atoms with E-state index < -0.39 is 18.1 Å². The zero-order valence-electron chi connectivity index (χ0n) is 9.93. The highest BCUT2D eigenvalue weighted by molar-refractivity contribution is 5.80. The maximum absolute atomic E-state index is 11.8. The van der Waals surface area contributed by atoms with Crippen molar-refractivity contribution in [2.24, 2.45) is 5.92 Å². The van der Waals surface area contributed by atoms with Crippen molar-refractivity contribution in [2.75, 3.05) is 13.2 Å². The average molecular weight is 241 g/mol. The second-order valence-corrected chi connectivity index (χ2v) is 4.92. The molecule has 1 saturated carbocycles. The molecule has 5 nitrogen and oxygen atoms in total. The first-order valence-electron chi connectivity index (χ1n) is 6.34. The Balaban J connectivity index is 1.80. The van der Waals surface area contributed by atoms with Crippen molar-refractivity contribution in [1.29, 1.82) is 0 Å². The summed E-state index contributed by atoms with van der Waals surface area (Å²) in [6.45, 7) is 0.947. The largest absolute Gasteiger partial charge is 0.480 e. The van der Waals surface area contributed by atoms with Crippen LogP contribution in [0.1, 0.15) is 38.5 Å². The third kappa shape index (κ3) is 2.90. The Morgan fingerprint density at radius 1 is 1.18 bits per heavy atom. The smallest absolute Gasteiger partial charge is 0.410 e. The fourth-order valence-corrected chi connectivity index (χ4v) is 2.69. The monoisotopic (exact) mass is 241 g/mol. The number of carbonyl (C=O) groups excluding carboxylic acids is 1. The maximum Gasteiger partial charge on any atom is 0.410 e. The molecule has 1 unspecified atom stereocenters. The third-order valence-corrected chi connectivity index (χ3v) is 3.69. The molecule has 1 saturated heterocycles. The molecule has 0 bridgehead atoms.